The van der Waals surface area contributed by atoms with Gasteiger partial charge >= 0.3 is 12.3 Å². The molecule has 1 aromatic heterocycles. The highest BCUT2D eigenvalue weighted by molar-refractivity contribution is 5.93. The molecular weight excluding hydrogens is 501 g/mol. The number of benzene rings is 2. The number of nitrogens with one attached hydrogen (secondary N) is 2. The lowest BCUT2D eigenvalue weighted by Crippen LogP contribution is -2.28. The number of rotatable bonds is 7. The number of pyridine rings is 1. The highest BCUT2D eigenvalue weighted by Crippen LogP contribution is 2.34. The first-order valence-electron chi connectivity index (χ1n) is 12.1. The van der Waals surface area contributed by atoms with Crippen molar-refractivity contribution in [2.24, 2.45) is 11.7 Å². The van der Waals surface area contributed by atoms with Crippen LogP contribution < -0.4 is 21.1 Å². The molecule has 1 heterocycles. The van der Waals surface area contributed by atoms with Gasteiger partial charge in [0.25, 0.3) is 0 Å². The van der Waals surface area contributed by atoms with Crippen LogP contribution >= 0.6 is 0 Å². The molecule has 38 heavy (non-hydrogen) atoms. The summed E-state index contributed by atoms with van der Waals surface area (Å²) < 4.78 is 50.5. The molecule has 0 saturated carbocycles. The molecule has 200 valence electrons. The number of fused-ring (bicyclic) bond motifs is 1. The van der Waals surface area contributed by atoms with Crippen molar-refractivity contribution < 1.29 is 32.2 Å². The fourth-order valence-electron chi connectivity index (χ4n) is 4.26. The maximum Gasteiger partial charge on any atom is 0.416 e. The first-order valence-corrected chi connectivity index (χ1v) is 12.1. The molecule has 0 radical (unpaired) electrons. The fraction of sp³-hybridized carbons (Fsp3) is 0.296. The number of aryl methyl sites for hydroxylation is 1. The summed E-state index contributed by atoms with van der Waals surface area (Å²) in [6.07, 6.45) is -2.07. The average Bonchev–Trinajstić information content (AvgIpc) is 2.88. The van der Waals surface area contributed by atoms with Gasteiger partial charge in [0, 0.05) is 30.4 Å². The van der Waals surface area contributed by atoms with Crippen molar-refractivity contribution in [3.63, 3.8) is 0 Å². The van der Waals surface area contributed by atoms with E-state index in [9.17, 15) is 22.8 Å². The Hall–Kier alpha value is -4.12. The molecule has 8 nitrogen and oxygen atoms in total. The molecule has 0 fully saturated rings. The van der Waals surface area contributed by atoms with Crippen molar-refractivity contribution >= 4 is 23.5 Å². The van der Waals surface area contributed by atoms with Gasteiger partial charge < -0.3 is 20.5 Å². The van der Waals surface area contributed by atoms with Crippen molar-refractivity contribution in [3.05, 3.63) is 77.0 Å². The van der Waals surface area contributed by atoms with Crippen LogP contribution in [0.15, 0.2) is 54.7 Å². The number of nitrogens with two attached hydrogens (primary N) is 1. The Labute approximate surface area is 217 Å². The van der Waals surface area contributed by atoms with E-state index in [0.717, 1.165) is 23.3 Å². The Morgan fingerprint density at radius 1 is 1.05 bits per heavy atom. The molecule has 11 heteroatoms. The van der Waals surface area contributed by atoms with Crippen LogP contribution in [0.4, 0.5) is 29.5 Å². The maximum absolute atomic E-state index is 13.3. The van der Waals surface area contributed by atoms with E-state index in [-0.39, 0.29) is 36.1 Å². The summed E-state index contributed by atoms with van der Waals surface area (Å²) in [5, 5.41) is 5.15. The maximum atomic E-state index is 13.3. The van der Waals surface area contributed by atoms with Crippen molar-refractivity contribution in [2.75, 3.05) is 17.2 Å². The largest absolute Gasteiger partial charge is 0.457 e. The monoisotopic (exact) mass is 528 g/mol. The van der Waals surface area contributed by atoms with E-state index >= 15 is 0 Å². The molecule has 3 aromatic rings. The summed E-state index contributed by atoms with van der Waals surface area (Å²) in [6, 6.07) is 12.1. The third-order valence-electron chi connectivity index (χ3n) is 6.07. The van der Waals surface area contributed by atoms with Crippen molar-refractivity contribution in [1.29, 1.82) is 0 Å². The molecule has 1 unspecified atom stereocenters. The second-order valence-corrected chi connectivity index (χ2v) is 8.80. The van der Waals surface area contributed by atoms with Crippen LogP contribution in [0.25, 0.3) is 0 Å². The molecule has 0 saturated heterocycles. The highest BCUT2D eigenvalue weighted by Gasteiger charge is 2.32. The minimum absolute atomic E-state index is 0.0677. The van der Waals surface area contributed by atoms with Gasteiger partial charge in [-0.2, -0.15) is 13.2 Å². The Kier molecular flexibility index (Phi) is 8.16. The predicted octanol–water partition coefficient (Wildman–Crippen LogP) is 5.66. The summed E-state index contributed by atoms with van der Waals surface area (Å²) >= 11 is 0. The molecule has 4 rings (SSSR count). The normalized spacial score (nSPS) is 14.8. The standard InChI is InChI=1S/C27H27F3N4O4/c1-2-37-26(36)34-24-14-23(7-8-32-24)38-22-6-5-17-3-4-18(11-19(17)12-22)25(35)33-21-10-16(15-31)9-20(13-21)27(28,29)30/h5-10,12-14,18H,2-4,11,15,31H2,1H3,(H,33,35)(H,32,34,36). The number of carbonyl (C=O) groups is 2. The second kappa shape index (κ2) is 11.5. The zero-order chi connectivity index (χ0) is 27.3. The summed E-state index contributed by atoms with van der Waals surface area (Å²) in [6.45, 7) is 1.84. The number of hydrogen-bond acceptors (Lipinski definition) is 6. The number of alkyl halides is 3. The third kappa shape index (κ3) is 6.80. The van der Waals surface area contributed by atoms with Crippen LogP contribution in [0.1, 0.15) is 35.6 Å². The molecule has 1 atom stereocenters. The molecular formula is C27H27F3N4O4. The van der Waals surface area contributed by atoms with E-state index in [0.29, 0.717) is 30.8 Å². The second-order valence-electron chi connectivity index (χ2n) is 8.80. The van der Waals surface area contributed by atoms with Crippen LogP contribution in [-0.4, -0.2) is 23.6 Å². The van der Waals surface area contributed by atoms with E-state index in [1.807, 2.05) is 18.2 Å². The summed E-state index contributed by atoms with van der Waals surface area (Å²) in [7, 11) is 0. The fourth-order valence-corrected chi connectivity index (χ4v) is 4.26. The number of carbonyl (C=O) groups excluding carboxylic acids is 2. The van der Waals surface area contributed by atoms with E-state index < -0.39 is 23.8 Å². The number of hydrogen-bond donors (Lipinski definition) is 3. The van der Waals surface area contributed by atoms with E-state index in [4.69, 9.17) is 15.2 Å². The van der Waals surface area contributed by atoms with Gasteiger partial charge in [0.1, 0.15) is 17.3 Å². The number of aromatic nitrogens is 1. The lowest BCUT2D eigenvalue weighted by Gasteiger charge is -2.25. The van der Waals surface area contributed by atoms with Crippen LogP contribution in [-0.2, 0) is 35.1 Å². The van der Waals surface area contributed by atoms with Crippen LogP contribution in [0, 0.1) is 5.92 Å². The lowest BCUT2D eigenvalue weighted by molar-refractivity contribution is -0.137. The van der Waals surface area contributed by atoms with Crippen LogP contribution in [0.3, 0.4) is 0 Å². The van der Waals surface area contributed by atoms with Gasteiger partial charge in [-0.3, -0.25) is 10.1 Å². The van der Waals surface area contributed by atoms with Gasteiger partial charge in [-0.1, -0.05) is 6.07 Å². The summed E-state index contributed by atoms with van der Waals surface area (Å²) in [5.74, 6) is 0.465. The Morgan fingerprint density at radius 3 is 2.58 bits per heavy atom. The molecule has 0 bridgehead atoms. The van der Waals surface area contributed by atoms with E-state index in [1.165, 1.54) is 12.3 Å². The number of halogens is 3. The predicted molar refractivity (Wildman–Crippen MR) is 135 cm³/mol. The number of amides is 2. The molecule has 1 aliphatic rings. The highest BCUT2D eigenvalue weighted by atomic mass is 19.4. The average molecular weight is 529 g/mol. The summed E-state index contributed by atoms with van der Waals surface area (Å²) in [4.78, 5) is 28.7. The molecule has 2 aromatic carbocycles. The minimum Gasteiger partial charge on any atom is -0.457 e. The summed E-state index contributed by atoms with van der Waals surface area (Å²) in [5.41, 5.74) is 7.03. The quantitative estimate of drug-likeness (QED) is 0.364. The van der Waals surface area contributed by atoms with Gasteiger partial charge in [0.2, 0.25) is 5.91 Å². The first kappa shape index (κ1) is 26.9. The van der Waals surface area contributed by atoms with Gasteiger partial charge in [0.15, 0.2) is 0 Å². The number of anilines is 2. The zero-order valence-electron chi connectivity index (χ0n) is 20.6. The van der Waals surface area contributed by atoms with Crippen molar-refractivity contribution in [3.8, 4) is 11.5 Å². The lowest BCUT2D eigenvalue weighted by atomic mass is 9.83. The topological polar surface area (TPSA) is 116 Å². The van der Waals surface area contributed by atoms with Gasteiger partial charge in [-0.05, 0) is 79.3 Å². The molecule has 0 spiro atoms. The molecule has 4 N–H and O–H groups in total. The van der Waals surface area contributed by atoms with Gasteiger partial charge in [-0.25, -0.2) is 9.78 Å². The molecule has 1 aliphatic carbocycles. The molecule has 2 amide bonds. The van der Waals surface area contributed by atoms with Gasteiger partial charge in [-0.15, -0.1) is 0 Å². The van der Waals surface area contributed by atoms with Crippen molar-refractivity contribution in [1.82, 2.24) is 4.98 Å². The number of nitrogens with zero attached hydrogens (tertiary/aromatic N) is 1. The minimum atomic E-state index is -4.55. The smallest absolute Gasteiger partial charge is 0.416 e. The Morgan fingerprint density at radius 2 is 1.84 bits per heavy atom. The number of ether oxygens (including phenoxy) is 2. The third-order valence-corrected chi connectivity index (χ3v) is 6.07. The Bertz CT molecular complexity index is 1330. The van der Waals surface area contributed by atoms with Gasteiger partial charge in [0.05, 0.1) is 12.2 Å². The van der Waals surface area contributed by atoms with E-state index in [2.05, 4.69) is 15.6 Å². The SMILES string of the molecule is CCOC(=O)Nc1cc(Oc2ccc3c(c2)CC(C(=O)Nc2cc(CN)cc(C(F)(F)F)c2)CC3)ccn1. The zero-order valence-corrected chi connectivity index (χ0v) is 20.6. The Balaban J connectivity index is 1.45. The van der Waals surface area contributed by atoms with Crippen LogP contribution in [0.5, 0.6) is 11.5 Å². The van der Waals surface area contributed by atoms with E-state index in [1.54, 1.807) is 19.1 Å². The van der Waals surface area contributed by atoms with Crippen LogP contribution in [0.2, 0.25) is 0 Å². The molecule has 0 aliphatic heterocycles. The van der Waals surface area contributed by atoms with Crippen molar-refractivity contribution in [2.45, 2.75) is 38.9 Å². The first-order chi connectivity index (χ1) is 18.1.